The first-order valence-electron chi connectivity index (χ1n) is 17.1. The number of carbonyl (C=O) groups excluding carboxylic acids is 3. The first-order valence-corrected chi connectivity index (χ1v) is 17.1. The number of rotatable bonds is 21. The van der Waals surface area contributed by atoms with Crippen LogP contribution in [0.5, 0.6) is 5.75 Å². The summed E-state index contributed by atoms with van der Waals surface area (Å²) < 4.78 is 16.0. The molecule has 2 rings (SSSR count). The zero-order valence-corrected chi connectivity index (χ0v) is 31.0. The summed E-state index contributed by atoms with van der Waals surface area (Å²) >= 11 is 0. The number of unbranched alkanes of at least 4 members (excludes halogenated alkanes) is 2. The summed E-state index contributed by atoms with van der Waals surface area (Å²) in [5, 5.41) is 42.3. The molecule has 282 valence electrons. The smallest absolute Gasteiger partial charge is 0.330 e. The highest BCUT2D eigenvalue weighted by Gasteiger charge is 2.22. The highest BCUT2D eigenvalue weighted by molar-refractivity contribution is 5.95. The first-order chi connectivity index (χ1) is 25.2. The van der Waals surface area contributed by atoms with Crippen LogP contribution in [0.1, 0.15) is 77.3 Å². The Labute approximate surface area is 310 Å². The lowest BCUT2D eigenvalue weighted by atomic mass is 9.84. The van der Waals surface area contributed by atoms with E-state index in [1.54, 1.807) is 12.1 Å². The Morgan fingerprint density at radius 1 is 0.962 bits per heavy atom. The van der Waals surface area contributed by atoms with E-state index in [-0.39, 0.29) is 65.1 Å². The normalized spacial score (nSPS) is 11.5. The maximum absolute atomic E-state index is 13.4. The number of non-ortho nitro benzene ring substituents is 1. The molecule has 0 bridgehead atoms. The molecule has 15 nitrogen and oxygen atoms in total. The molecular weight excluding hydrogens is 682 g/mol. The van der Waals surface area contributed by atoms with Gasteiger partial charge in [0, 0.05) is 49.9 Å². The van der Waals surface area contributed by atoms with Crippen LogP contribution in [0.2, 0.25) is 0 Å². The average molecular weight is 730 g/mol. The Morgan fingerprint density at radius 3 is 1.96 bits per heavy atom. The third kappa shape index (κ3) is 14.6. The van der Waals surface area contributed by atoms with Crippen molar-refractivity contribution in [1.29, 1.82) is 10.5 Å². The molecule has 53 heavy (non-hydrogen) atoms. The van der Waals surface area contributed by atoms with Gasteiger partial charge in [0.05, 0.1) is 47.7 Å². The molecule has 1 atom stereocenters. The van der Waals surface area contributed by atoms with Gasteiger partial charge in [-0.15, -0.1) is 10.2 Å². The summed E-state index contributed by atoms with van der Waals surface area (Å²) in [6, 6.07) is 8.94. The topological polar surface area (TPSA) is 210 Å². The van der Waals surface area contributed by atoms with Crippen LogP contribution >= 0.6 is 0 Å². The minimum Gasteiger partial charge on any atom is -0.494 e. The Balaban J connectivity index is 2.62. The molecule has 0 aliphatic carbocycles. The number of nitriles is 2. The van der Waals surface area contributed by atoms with Crippen molar-refractivity contribution < 1.29 is 33.5 Å². The standard InChI is InChI=1S/C38H47N7O8/c1-8-35(47)52-16-12-10-14-44(15-11-13-17-53-36(48)9-2)32-21-30(41-34(46)18-26(3)23-38(4,5)6)31(22-33(32)51-7)42-43-37-27(24-39)19-29(45(49)50)20-28(37)25-40/h8-9,19-22,26H,1-2,10-18,23H2,3-7H3,(H,41,46)/b43-42+. The number of nitro groups is 1. The Kier molecular flexibility index (Phi) is 17.3. The number of amides is 1. The predicted octanol–water partition coefficient (Wildman–Crippen LogP) is 7.99. The van der Waals surface area contributed by atoms with Crippen LogP contribution in [0.4, 0.5) is 28.4 Å². The molecule has 0 saturated heterocycles. The highest BCUT2D eigenvalue weighted by atomic mass is 16.6. The van der Waals surface area contributed by atoms with E-state index in [4.69, 9.17) is 14.2 Å². The maximum atomic E-state index is 13.4. The molecule has 1 unspecified atom stereocenters. The SMILES string of the molecule is C=CC(=O)OCCCCN(CCCCOC(=O)C=C)c1cc(NC(=O)CC(C)CC(C)(C)C)c(/N=N/c2c(C#N)cc([N+](=O)[O-])cc2C#N)cc1OC. The van der Waals surface area contributed by atoms with Crippen LogP contribution < -0.4 is 15.0 Å². The number of hydrogen-bond acceptors (Lipinski definition) is 13. The molecule has 15 heteroatoms. The largest absolute Gasteiger partial charge is 0.494 e. The number of nitrogens with one attached hydrogen (secondary N) is 1. The van der Waals surface area contributed by atoms with Crippen molar-refractivity contribution in [2.24, 2.45) is 21.6 Å². The molecule has 0 heterocycles. The second-order valence-electron chi connectivity index (χ2n) is 13.4. The van der Waals surface area contributed by atoms with Crippen LogP contribution in [-0.4, -0.2) is 56.2 Å². The lowest BCUT2D eigenvalue weighted by Gasteiger charge is -2.28. The molecule has 2 aromatic rings. The second kappa shape index (κ2) is 21.3. The van der Waals surface area contributed by atoms with Gasteiger partial charge in [-0.3, -0.25) is 14.9 Å². The van der Waals surface area contributed by atoms with Crippen molar-refractivity contribution in [2.45, 2.75) is 66.2 Å². The Morgan fingerprint density at radius 2 is 1.51 bits per heavy atom. The molecule has 0 saturated carbocycles. The van der Waals surface area contributed by atoms with E-state index in [0.29, 0.717) is 50.2 Å². The van der Waals surface area contributed by atoms with E-state index in [1.165, 1.54) is 7.11 Å². The van der Waals surface area contributed by atoms with Gasteiger partial charge in [-0.05, 0) is 49.5 Å². The van der Waals surface area contributed by atoms with Gasteiger partial charge in [0.1, 0.15) is 29.3 Å². The fraction of sp³-hybridized carbons (Fsp3) is 0.447. The molecule has 1 N–H and O–H groups in total. The van der Waals surface area contributed by atoms with E-state index in [1.807, 2.05) is 24.0 Å². The second-order valence-corrected chi connectivity index (χ2v) is 13.4. The quantitative estimate of drug-likeness (QED) is 0.0325. The lowest BCUT2D eigenvalue weighted by Crippen LogP contribution is -2.27. The summed E-state index contributed by atoms with van der Waals surface area (Å²) in [5.74, 6) is -0.899. The van der Waals surface area contributed by atoms with Crippen molar-refractivity contribution in [3.8, 4) is 17.9 Å². The maximum Gasteiger partial charge on any atom is 0.330 e. The van der Waals surface area contributed by atoms with Gasteiger partial charge in [0.2, 0.25) is 5.91 Å². The fourth-order valence-corrected chi connectivity index (χ4v) is 5.52. The number of nitrogens with zero attached hydrogens (tertiary/aromatic N) is 6. The van der Waals surface area contributed by atoms with Crippen LogP contribution in [0.25, 0.3) is 0 Å². The number of carbonyl (C=O) groups is 3. The molecule has 2 aromatic carbocycles. The number of anilines is 2. The van der Waals surface area contributed by atoms with Gasteiger partial charge in [0.25, 0.3) is 5.69 Å². The fourth-order valence-electron chi connectivity index (χ4n) is 5.52. The third-order valence-electron chi connectivity index (χ3n) is 7.68. The van der Waals surface area contributed by atoms with Gasteiger partial charge < -0.3 is 24.4 Å². The number of methoxy groups -OCH3 is 1. The molecule has 0 spiro atoms. The predicted molar refractivity (Wildman–Crippen MR) is 199 cm³/mol. The average Bonchev–Trinajstić information content (AvgIpc) is 3.11. The van der Waals surface area contributed by atoms with E-state index >= 15 is 0 Å². The number of ether oxygens (including phenoxy) is 3. The molecule has 1 amide bonds. The van der Waals surface area contributed by atoms with Gasteiger partial charge in [-0.2, -0.15) is 10.5 Å². The third-order valence-corrected chi connectivity index (χ3v) is 7.68. The molecule has 0 aliphatic rings. The van der Waals surface area contributed by atoms with Crippen molar-refractivity contribution in [1.82, 2.24) is 0 Å². The molecule has 0 aromatic heterocycles. The highest BCUT2D eigenvalue weighted by Crippen LogP contribution is 2.41. The minimum atomic E-state index is -0.714. The summed E-state index contributed by atoms with van der Waals surface area (Å²) in [6.45, 7) is 16.5. The van der Waals surface area contributed by atoms with Crippen molar-refractivity contribution in [3.63, 3.8) is 0 Å². The monoisotopic (exact) mass is 729 g/mol. The van der Waals surface area contributed by atoms with E-state index in [0.717, 1.165) is 30.7 Å². The molecule has 0 radical (unpaired) electrons. The summed E-state index contributed by atoms with van der Waals surface area (Å²) in [6.07, 6.45) is 5.53. The van der Waals surface area contributed by atoms with Crippen LogP contribution in [-0.2, 0) is 23.9 Å². The van der Waals surface area contributed by atoms with Crippen molar-refractivity contribution in [3.05, 3.63) is 70.8 Å². The number of esters is 2. The van der Waals surface area contributed by atoms with Gasteiger partial charge >= 0.3 is 11.9 Å². The summed E-state index contributed by atoms with van der Waals surface area (Å²) in [5.41, 5.74) is -0.0674. The van der Waals surface area contributed by atoms with Gasteiger partial charge in [0.15, 0.2) is 0 Å². The molecule has 0 fully saturated rings. The number of hydrogen-bond donors (Lipinski definition) is 1. The Hall–Kier alpha value is -6.09. The van der Waals surface area contributed by atoms with Crippen LogP contribution in [0.15, 0.2) is 59.8 Å². The number of benzene rings is 2. The first kappa shape index (κ1) is 43.1. The van der Waals surface area contributed by atoms with Crippen LogP contribution in [0, 0.1) is 44.1 Å². The number of azo groups is 1. The van der Waals surface area contributed by atoms with Crippen molar-refractivity contribution >= 4 is 46.3 Å². The Bertz CT molecular complexity index is 1700. The van der Waals surface area contributed by atoms with Gasteiger partial charge in [-0.25, -0.2) is 9.59 Å². The van der Waals surface area contributed by atoms with Gasteiger partial charge in [-0.1, -0.05) is 40.9 Å². The zero-order chi connectivity index (χ0) is 39.6. The minimum absolute atomic E-state index is 0.00251. The van der Waals surface area contributed by atoms with E-state index < -0.39 is 22.5 Å². The molecule has 0 aliphatic heterocycles. The zero-order valence-electron chi connectivity index (χ0n) is 31.0. The summed E-state index contributed by atoms with van der Waals surface area (Å²) in [4.78, 5) is 49.2. The lowest BCUT2D eigenvalue weighted by molar-refractivity contribution is -0.384. The van der Waals surface area contributed by atoms with E-state index in [9.17, 15) is 35.0 Å². The van der Waals surface area contributed by atoms with E-state index in [2.05, 4.69) is 49.5 Å². The van der Waals surface area contributed by atoms with Crippen molar-refractivity contribution in [2.75, 3.05) is 43.6 Å². The summed E-state index contributed by atoms with van der Waals surface area (Å²) in [7, 11) is 1.46. The van der Waals surface area contributed by atoms with Crippen LogP contribution in [0.3, 0.4) is 0 Å². The molecular formula is C38H47N7O8. The number of nitro benzene ring substituents is 1.